The third kappa shape index (κ3) is 7.77. The Hall–Kier alpha value is -4.46. The minimum Gasteiger partial charge on any atom is -0.372 e. The van der Waals surface area contributed by atoms with Gasteiger partial charge in [0, 0.05) is 48.7 Å². The number of rotatable bonds is 12. The highest BCUT2D eigenvalue weighted by Gasteiger charge is 2.07. The van der Waals surface area contributed by atoms with Crippen molar-refractivity contribution in [3.05, 3.63) is 95.1 Å². The van der Waals surface area contributed by atoms with Crippen LogP contribution in [0.3, 0.4) is 0 Å². The lowest BCUT2D eigenvalue weighted by atomic mass is 10.1. The number of nitrogens with one attached hydrogen (secondary N) is 2. The number of hydrazone groups is 2. The van der Waals surface area contributed by atoms with Crippen LogP contribution in [0.2, 0.25) is 0 Å². The van der Waals surface area contributed by atoms with Gasteiger partial charge in [0.15, 0.2) is 0 Å². The van der Waals surface area contributed by atoms with Crippen molar-refractivity contribution in [3.63, 3.8) is 0 Å². The molecule has 0 fully saturated rings. The second kappa shape index (κ2) is 14.3. The highest BCUT2D eigenvalue weighted by atomic mass is 16.2. The van der Waals surface area contributed by atoms with Gasteiger partial charge in [-0.1, -0.05) is 24.3 Å². The van der Waals surface area contributed by atoms with Crippen LogP contribution >= 0.6 is 0 Å². The first-order chi connectivity index (χ1) is 18.5. The van der Waals surface area contributed by atoms with E-state index >= 15 is 0 Å². The summed E-state index contributed by atoms with van der Waals surface area (Å²) < 4.78 is 0. The molecule has 0 aliphatic heterocycles. The molecule has 3 aromatic rings. The molecule has 8 nitrogen and oxygen atoms in total. The zero-order chi connectivity index (χ0) is 27.3. The normalized spacial score (nSPS) is 11.1. The van der Waals surface area contributed by atoms with Crippen molar-refractivity contribution in [2.24, 2.45) is 10.2 Å². The summed E-state index contributed by atoms with van der Waals surface area (Å²) in [6.45, 7) is 12.1. The fourth-order valence-corrected chi connectivity index (χ4v) is 3.95. The molecule has 38 heavy (non-hydrogen) atoms. The van der Waals surface area contributed by atoms with Crippen molar-refractivity contribution in [3.8, 4) is 0 Å². The largest absolute Gasteiger partial charge is 0.372 e. The molecule has 2 amide bonds. The topological polar surface area (TPSA) is 89.4 Å². The quantitative estimate of drug-likeness (QED) is 0.267. The van der Waals surface area contributed by atoms with Crippen LogP contribution in [0, 0.1) is 0 Å². The Morgan fingerprint density at radius 3 is 1.18 bits per heavy atom. The highest BCUT2D eigenvalue weighted by Crippen LogP contribution is 2.16. The maximum absolute atomic E-state index is 12.4. The van der Waals surface area contributed by atoms with Gasteiger partial charge in [0.05, 0.1) is 12.4 Å². The summed E-state index contributed by atoms with van der Waals surface area (Å²) in [6, 6.07) is 22.4. The van der Waals surface area contributed by atoms with Crippen LogP contribution in [0.1, 0.15) is 59.5 Å². The Balaban J connectivity index is 1.48. The van der Waals surface area contributed by atoms with E-state index in [1.54, 1.807) is 36.7 Å². The van der Waals surface area contributed by atoms with Crippen LogP contribution in [0.25, 0.3) is 0 Å². The zero-order valence-corrected chi connectivity index (χ0v) is 22.5. The fourth-order valence-electron chi connectivity index (χ4n) is 3.95. The van der Waals surface area contributed by atoms with E-state index in [2.05, 4.69) is 58.5 Å². The Kier molecular flexibility index (Phi) is 10.6. The summed E-state index contributed by atoms with van der Waals surface area (Å²) in [5.41, 5.74) is 10.0. The third-order valence-electron chi connectivity index (χ3n) is 6.21. The SMILES string of the molecule is CCN(CC)c1ccc(C(=O)NN=Cc2ccc(C=NNC(=O)c3ccc(N(CC)CC)cc3)cc2)cc1. The Labute approximate surface area is 225 Å². The summed E-state index contributed by atoms with van der Waals surface area (Å²) in [5.74, 6) is -0.538. The molecule has 3 aromatic carbocycles. The molecule has 2 N–H and O–H groups in total. The molecule has 0 aliphatic rings. The fraction of sp³-hybridized carbons (Fsp3) is 0.267. The summed E-state index contributed by atoms with van der Waals surface area (Å²) in [5, 5.41) is 8.11. The van der Waals surface area contributed by atoms with E-state index in [1.165, 1.54) is 0 Å². The average Bonchev–Trinajstić information content (AvgIpc) is 2.96. The summed E-state index contributed by atoms with van der Waals surface area (Å²) in [6.07, 6.45) is 3.15. The van der Waals surface area contributed by atoms with Gasteiger partial charge in [-0.05, 0) is 87.4 Å². The molecular formula is C30H36N6O2. The molecular weight excluding hydrogens is 476 g/mol. The number of amides is 2. The van der Waals surface area contributed by atoms with Gasteiger partial charge in [-0.2, -0.15) is 10.2 Å². The molecule has 0 saturated carbocycles. The van der Waals surface area contributed by atoms with Crippen molar-refractivity contribution in [2.45, 2.75) is 27.7 Å². The Morgan fingerprint density at radius 2 is 0.895 bits per heavy atom. The molecule has 0 radical (unpaired) electrons. The first-order valence-electron chi connectivity index (χ1n) is 13.0. The van der Waals surface area contributed by atoms with Crippen LogP contribution in [-0.4, -0.2) is 50.4 Å². The summed E-state index contributed by atoms with van der Waals surface area (Å²) >= 11 is 0. The van der Waals surface area contributed by atoms with Crippen LogP contribution in [0.15, 0.2) is 83.0 Å². The minimum absolute atomic E-state index is 0.269. The van der Waals surface area contributed by atoms with Gasteiger partial charge in [0.1, 0.15) is 0 Å². The lowest BCUT2D eigenvalue weighted by Gasteiger charge is -2.20. The molecule has 0 spiro atoms. The van der Waals surface area contributed by atoms with Gasteiger partial charge >= 0.3 is 0 Å². The molecule has 8 heteroatoms. The number of nitrogens with zero attached hydrogens (tertiary/aromatic N) is 4. The van der Waals surface area contributed by atoms with Crippen LogP contribution in [-0.2, 0) is 0 Å². The van der Waals surface area contributed by atoms with Crippen LogP contribution < -0.4 is 20.7 Å². The van der Waals surface area contributed by atoms with E-state index in [1.807, 2.05) is 48.5 Å². The molecule has 0 unspecified atom stereocenters. The smallest absolute Gasteiger partial charge is 0.271 e. The Bertz CT molecular complexity index is 1130. The van der Waals surface area contributed by atoms with Gasteiger partial charge in [-0.15, -0.1) is 0 Å². The van der Waals surface area contributed by atoms with E-state index in [0.29, 0.717) is 11.1 Å². The number of benzene rings is 3. The van der Waals surface area contributed by atoms with E-state index in [9.17, 15) is 9.59 Å². The average molecular weight is 513 g/mol. The van der Waals surface area contributed by atoms with Crippen molar-refractivity contribution in [2.75, 3.05) is 36.0 Å². The second-order valence-corrected chi connectivity index (χ2v) is 8.50. The van der Waals surface area contributed by atoms with Gasteiger partial charge in [-0.25, -0.2) is 10.9 Å². The van der Waals surface area contributed by atoms with Crippen molar-refractivity contribution >= 4 is 35.6 Å². The van der Waals surface area contributed by atoms with Gasteiger partial charge in [0.25, 0.3) is 11.8 Å². The molecule has 0 aromatic heterocycles. The molecule has 0 saturated heterocycles. The zero-order valence-electron chi connectivity index (χ0n) is 22.5. The maximum atomic E-state index is 12.4. The molecule has 0 bridgehead atoms. The number of anilines is 2. The van der Waals surface area contributed by atoms with E-state index in [-0.39, 0.29) is 11.8 Å². The van der Waals surface area contributed by atoms with Crippen molar-refractivity contribution in [1.82, 2.24) is 10.9 Å². The van der Waals surface area contributed by atoms with Crippen molar-refractivity contribution < 1.29 is 9.59 Å². The molecule has 0 heterocycles. The second-order valence-electron chi connectivity index (χ2n) is 8.50. The van der Waals surface area contributed by atoms with Gasteiger partial charge in [-0.3, -0.25) is 9.59 Å². The number of carbonyl (C=O) groups is 2. The monoisotopic (exact) mass is 512 g/mol. The highest BCUT2D eigenvalue weighted by molar-refractivity contribution is 5.96. The molecule has 0 atom stereocenters. The van der Waals surface area contributed by atoms with E-state index in [0.717, 1.165) is 48.7 Å². The third-order valence-corrected chi connectivity index (χ3v) is 6.21. The molecule has 198 valence electrons. The number of hydrogen-bond donors (Lipinski definition) is 2. The summed E-state index contributed by atoms with van der Waals surface area (Å²) in [7, 11) is 0. The minimum atomic E-state index is -0.269. The molecule has 0 aliphatic carbocycles. The lowest BCUT2D eigenvalue weighted by molar-refractivity contribution is 0.0947. The van der Waals surface area contributed by atoms with Crippen molar-refractivity contribution in [1.29, 1.82) is 0 Å². The standard InChI is InChI=1S/C30H36N6O2/c1-5-35(6-2)27-17-13-25(14-18-27)29(37)33-31-21-23-9-11-24(12-10-23)22-32-34-30(38)26-15-19-28(20-16-26)36(7-3)8-4/h9-22H,5-8H2,1-4H3,(H,33,37)(H,34,38). The first-order valence-corrected chi connectivity index (χ1v) is 13.0. The molecule has 3 rings (SSSR count). The number of hydrogen-bond acceptors (Lipinski definition) is 6. The van der Waals surface area contributed by atoms with Gasteiger partial charge < -0.3 is 9.80 Å². The Morgan fingerprint density at radius 1 is 0.579 bits per heavy atom. The number of carbonyl (C=O) groups excluding carboxylic acids is 2. The predicted molar refractivity (Wildman–Crippen MR) is 157 cm³/mol. The lowest BCUT2D eigenvalue weighted by Crippen LogP contribution is -2.22. The van der Waals surface area contributed by atoms with E-state index < -0.39 is 0 Å². The maximum Gasteiger partial charge on any atom is 0.271 e. The predicted octanol–water partition coefficient (Wildman–Crippen LogP) is 4.91. The van der Waals surface area contributed by atoms with Crippen LogP contribution in [0.5, 0.6) is 0 Å². The first kappa shape index (κ1) is 28.1. The summed E-state index contributed by atoms with van der Waals surface area (Å²) in [4.78, 5) is 29.2. The van der Waals surface area contributed by atoms with Gasteiger partial charge in [0.2, 0.25) is 0 Å². The van der Waals surface area contributed by atoms with E-state index in [4.69, 9.17) is 0 Å². The van der Waals surface area contributed by atoms with Crippen LogP contribution in [0.4, 0.5) is 11.4 Å².